The fourth-order valence-corrected chi connectivity index (χ4v) is 1.24. The lowest BCUT2D eigenvalue weighted by Crippen LogP contribution is -2.13. The Morgan fingerprint density at radius 3 is 2.60 bits per heavy atom. The molecular formula is C11H18N4. The molecular weight excluding hydrogens is 188 g/mol. The van der Waals surface area contributed by atoms with Crippen LogP contribution < -0.4 is 11.1 Å². The zero-order chi connectivity index (χ0) is 11.5. The maximum Gasteiger partial charge on any atom is 0.106 e. The summed E-state index contributed by atoms with van der Waals surface area (Å²) in [4.78, 5) is 8.40. The number of hydrogen-bond donors (Lipinski definition) is 2. The molecule has 1 aromatic rings. The lowest BCUT2D eigenvalue weighted by atomic mass is 9.91. The van der Waals surface area contributed by atoms with Crippen LogP contribution in [0.15, 0.2) is 17.3 Å². The second-order valence-electron chi connectivity index (χ2n) is 4.36. The van der Waals surface area contributed by atoms with Crippen LogP contribution in [0.1, 0.15) is 26.5 Å². The van der Waals surface area contributed by atoms with Gasteiger partial charge in [0.05, 0.1) is 18.2 Å². The van der Waals surface area contributed by atoms with E-state index in [9.17, 15) is 0 Å². The first-order valence-electron chi connectivity index (χ1n) is 4.91. The molecule has 0 aliphatic carbocycles. The molecule has 0 fully saturated rings. The molecule has 0 radical (unpaired) electrons. The molecule has 4 heteroatoms. The maximum absolute atomic E-state index is 5.26. The van der Waals surface area contributed by atoms with Gasteiger partial charge in [0, 0.05) is 18.2 Å². The van der Waals surface area contributed by atoms with Crippen molar-refractivity contribution < 1.29 is 0 Å². The molecule has 82 valence electrons. The largest absolute Gasteiger partial charge is 0.390 e. The Kier molecular flexibility index (Phi) is 3.29. The maximum atomic E-state index is 5.26. The lowest BCUT2D eigenvalue weighted by Gasteiger charge is -2.19. The molecule has 0 aromatic carbocycles. The van der Waals surface area contributed by atoms with E-state index in [0.29, 0.717) is 0 Å². The first kappa shape index (κ1) is 11.5. The summed E-state index contributed by atoms with van der Waals surface area (Å²) in [5, 5.41) is 3.08. The fourth-order valence-electron chi connectivity index (χ4n) is 1.24. The summed E-state index contributed by atoms with van der Waals surface area (Å²) in [7, 11) is 1.86. The highest BCUT2D eigenvalue weighted by Gasteiger charge is 2.16. The van der Waals surface area contributed by atoms with Crippen molar-refractivity contribution in [3.05, 3.63) is 18.0 Å². The van der Waals surface area contributed by atoms with Crippen molar-refractivity contribution in [2.75, 3.05) is 12.4 Å². The first-order chi connectivity index (χ1) is 6.99. The van der Waals surface area contributed by atoms with E-state index in [1.807, 2.05) is 13.1 Å². The molecule has 15 heavy (non-hydrogen) atoms. The molecule has 0 spiro atoms. The predicted octanol–water partition coefficient (Wildman–Crippen LogP) is 2.04. The van der Waals surface area contributed by atoms with E-state index in [0.717, 1.165) is 17.1 Å². The molecule has 0 amide bonds. The molecule has 4 nitrogen and oxygen atoms in total. The van der Waals surface area contributed by atoms with Gasteiger partial charge in [-0.1, -0.05) is 20.8 Å². The van der Waals surface area contributed by atoms with Crippen LogP contribution in [0.5, 0.6) is 0 Å². The van der Waals surface area contributed by atoms with E-state index in [4.69, 9.17) is 5.73 Å². The smallest absolute Gasteiger partial charge is 0.106 e. The van der Waals surface area contributed by atoms with Gasteiger partial charge in [-0.25, -0.2) is 4.99 Å². The third-order valence-corrected chi connectivity index (χ3v) is 2.13. The molecule has 0 atom stereocenters. The fraction of sp³-hybridized carbons (Fsp3) is 0.455. The lowest BCUT2D eigenvalue weighted by molar-refractivity contribution is 0.569. The Morgan fingerprint density at radius 2 is 2.13 bits per heavy atom. The van der Waals surface area contributed by atoms with Crippen LogP contribution in [0.25, 0.3) is 0 Å². The molecule has 1 aromatic heterocycles. The number of rotatable bonds is 2. The minimum atomic E-state index is 0.0383. The zero-order valence-electron chi connectivity index (χ0n) is 9.70. The van der Waals surface area contributed by atoms with Crippen LogP contribution in [0.3, 0.4) is 0 Å². The number of nitrogens with zero attached hydrogens (tertiary/aromatic N) is 2. The SMILES string of the molecule is CNc1cc(C(C)(C)C)ncc1N=CN. The Morgan fingerprint density at radius 1 is 1.47 bits per heavy atom. The van der Waals surface area contributed by atoms with E-state index in [1.165, 1.54) is 6.34 Å². The monoisotopic (exact) mass is 206 g/mol. The molecule has 0 saturated heterocycles. The first-order valence-corrected chi connectivity index (χ1v) is 4.91. The van der Waals surface area contributed by atoms with Crippen molar-refractivity contribution in [2.45, 2.75) is 26.2 Å². The summed E-state index contributed by atoms with van der Waals surface area (Å²) in [6.07, 6.45) is 3.00. The number of aliphatic imine (C=N–C) groups is 1. The van der Waals surface area contributed by atoms with Gasteiger partial charge in [-0.3, -0.25) is 4.98 Å². The van der Waals surface area contributed by atoms with Gasteiger partial charge < -0.3 is 11.1 Å². The molecule has 0 aliphatic heterocycles. The Balaban J connectivity index is 3.19. The van der Waals surface area contributed by atoms with Crippen molar-refractivity contribution in [3.8, 4) is 0 Å². The predicted molar refractivity (Wildman–Crippen MR) is 64.8 cm³/mol. The Labute approximate surface area is 90.6 Å². The quantitative estimate of drug-likeness (QED) is 0.575. The third-order valence-electron chi connectivity index (χ3n) is 2.13. The number of nitrogens with two attached hydrogens (primary N) is 1. The van der Waals surface area contributed by atoms with Gasteiger partial charge in [0.1, 0.15) is 5.69 Å². The Hall–Kier alpha value is -1.58. The van der Waals surface area contributed by atoms with Crippen molar-refractivity contribution in [1.82, 2.24) is 4.98 Å². The second-order valence-corrected chi connectivity index (χ2v) is 4.36. The standard InChI is InChI=1S/C11H18N4/c1-11(2,3)10-5-8(13-4)9(6-14-10)15-7-12/h5-7H,1-4H3,(H2,12,15)(H,13,14). The van der Waals surface area contributed by atoms with Gasteiger partial charge in [-0.05, 0) is 6.07 Å². The number of hydrogen-bond acceptors (Lipinski definition) is 3. The molecule has 3 N–H and O–H groups in total. The summed E-state index contributed by atoms with van der Waals surface area (Å²) in [6.45, 7) is 6.38. The van der Waals surface area contributed by atoms with Crippen molar-refractivity contribution in [3.63, 3.8) is 0 Å². The van der Waals surface area contributed by atoms with E-state index in [1.54, 1.807) is 6.20 Å². The summed E-state index contributed by atoms with van der Waals surface area (Å²) < 4.78 is 0. The van der Waals surface area contributed by atoms with Crippen molar-refractivity contribution >= 4 is 17.7 Å². The second kappa shape index (κ2) is 4.29. The minimum Gasteiger partial charge on any atom is -0.390 e. The highest BCUT2D eigenvalue weighted by Crippen LogP contribution is 2.28. The van der Waals surface area contributed by atoms with Crippen molar-refractivity contribution in [1.29, 1.82) is 0 Å². The molecule has 0 saturated carbocycles. The topological polar surface area (TPSA) is 63.3 Å². The van der Waals surface area contributed by atoms with Crippen LogP contribution >= 0.6 is 0 Å². The average molecular weight is 206 g/mol. The summed E-state index contributed by atoms with van der Waals surface area (Å²) in [6, 6.07) is 2.00. The van der Waals surface area contributed by atoms with Crippen LogP contribution in [-0.2, 0) is 5.41 Å². The summed E-state index contributed by atoms with van der Waals surface area (Å²) in [5.41, 5.74) is 8.03. The van der Waals surface area contributed by atoms with E-state index < -0.39 is 0 Å². The van der Waals surface area contributed by atoms with E-state index >= 15 is 0 Å². The molecule has 0 bridgehead atoms. The third kappa shape index (κ3) is 2.68. The van der Waals surface area contributed by atoms with Crippen molar-refractivity contribution in [2.24, 2.45) is 10.7 Å². The molecule has 1 heterocycles. The number of nitrogens with one attached hydrogen (secondary N) is 1. The Bertz CT molecular complexity index is 363. The van der Waals surface area contributed by atoms with Gasteiger partial charge in [0.2, 0.25) is 0 Å². The van der Waals surface area contributed by atoms with Crippen LogP contribution in [-0.4, -0.2) is 18.4 Å². The van der Waals surface area contributed by atoms with E-state index in [-0.39, 0.29) is 5.41 Å². The zero-order valence-corrected chi connectivity index (χ0v) is 9.70. The number of aromatic nitrogens is 1. The van der Waals surface area contributed by atoms with Crippen LogP contribution in [0.2, 0.25) is 0 Å². The highest BCUT2D eigenvalue weighted by molar-refractivity contribution is 5.70. The molecule has 0 unspecified atom stereocenters. The number of pyridine rings is 1. The average Bonchev–Trinajstić information content (AvgIpc) is 2.17. The number of anilines is 1. The van der Waals surface area contributed by atoms with Crippen LogP contribution in [0.4, 0.5) is 11.4 Å². The van der Waals surface area contributed by atoms with Gasteiger partial charge in [-0.15, -0.1) is 0 Å². The highest BCUT2D eigenvalue weighted by atomic mass is 14.9. The van der Waals surface area contributed by atoms with Crippen LogP contribution in [0, 0.1) is 0 Å². The van der Waals surface area contributed by atoms with Gasteiger partial charge in [-0.2, -0.15) is 0 Å². The molecule has 0 aliphatic rings. The minimum absolute atomic E-state index is 0.0383. The van der Waals surface area contributed by atoms with E-state index in [2.05, 4.69) is 36.1 Å². The van der Waals surface area contributed by atoms with Gasteiger partial charge in [0.15, 0.2) is 0 Å². The summed E-state index contributed by atoms with van der Waals surface area (Å²) >= 11 is 0. The normalized spacial score (nSPS) is 12.0. The van der Waals surface area contributed by atoms with Gasteiger partial charge in [0.25, 0.3) is 0 Å². The van der Waals surface area contributed by atoms with Gasteiger partial charge >= 0.3 is 0 Å². The molecule has 1 rings (SSSR count). The summed E-state index contributed by atoms with van der Waals surface area (Å²) in [5.74, 6) is 0.